The van der Waals surface area contributed by atoms with E-state index in [-0.39, 0.29) is 30.7 Å². The molecule has 26 heavy (non-hydrogen) atoms. The quantitative estimate of drug-likeness (QED) is 0.749. The summed E-state index contributed by atoms with van der Waals surface area (Å²) in [5.74, 6) is -0.0820. The van der Waals surface area contributed by atoms with Crippen molar-refractivity contribution in [1.82, 2.24) is 9.80 Å². The van der Waals surface area contributed by atoms with Gasteiger partial charge in [0.2, 0.25) is 5.91 Å². The van der Waals surface area contributed by atoms with Gasteiger partial charge in [0.1, 0.15) is 5.75 Å². The molecule has 0 aliphatic carbocycles. The van der Waals surface area contributed by atoms with Gasteiger partial charge in [-0.25, -0.2) is 0 Å². The number of hydrogen-bond acceptors (Lipinski definition) is 4. The normalized spacial score (nSPS) is 12.9. The fourth-order valence-electron chi connectivity index (χ4n) is 2.97. The second kappa shape index (κ2) is 7.39. The Bertz CT molecular complexity index is 827. The molecule has 0 N–H and O–H groups in total. The van der Waals surface area contributed by atoms with E-state index in [1.54, 1.807) is 43.3 Å². The van der Waals surface area contributed by atoms with Gasteiger partial charge in [-0.05, 0) is 29.8 Å². The maximum Gasteiger partial charge on any atom is 0.261 e. The van der Waals surface area contributed by atoms with E-state index >= 15 is 0 Å². The zero-order valence-corrected chi connectivity index (χ0v) is 14.8. The van der Waals surface area contributed by atoms with Crippen molar-refractivity contribution in [3.8, 4) is 5.75 Å². The summed E-state index contributed by atoms with van der Waals surface area (Å²) in [6, 6.07) is 14.2. The second-order valence-electron chi connectivity index (χ2n) is 6.16. The van der Waals surface area contributed by atoms with E-state index in [0.29, 0.717) is 17.7 Å². The number of methoxy groups -OCH3 is 1. The second-order valence-corrected chi connectivity index (χ2v) is 6.16. The number of hydrogen-bond donors (Lipinski definition) is 0. The summed E-state index contributed by atoms with van der Waals surface area (Å²) in [6.07, 6.45) is 0.0892. The summed E-state index contributed by atoms with van der Waals surface area (Å²) in [7, 11) is 3.29. The number of carbonyl (C=O) groups excluding carboxylic acids is 3. The summed E-state index contributed by atoms with van der Waals surface area (Å²) in [6.45, 7) is 0.506. The van der Waals surface area contributed by atoms with Crippen molar-refractivity contribution in [2.45, 2.75) is 13.0 Å². The minimum absolute atomic E-state index is 0.0770. The third-order valence-electron chi connectivity index (χ3n) is 4.41. The molecule has 0 radical (unpaired) electrons. The van der Waals surface area contributed by atoms with Gasteiger partial charge in [0.25, 0.3) is 11.8 Å². The molecular weight excluding hydrogens is 332 g/mol. The van der Waals surface area contributed by atoms with Gasteiger partial charge in [0, 0.05) is 26.6 Å². The van der Waals surface area contributed by atoms with E-state index in [0.717, 1.165) is 16.2 Å². The highest BCUT2D eigenvalue weighted by atomic mass is 16.5. The highest BCUT2D eigenvalue weighted by molar-refractivity contribution is 6.21. The number of benzene rings is 2. The molecule has 0 saturated carbocycles. The summed E-state index contributed by atoms with van der Waals surface area (Å²) in [4.78, 5) is 39.7. The van der Waals surface area contributed by atoms with E-state index < -0.39 is 0 Å². The molecule has 1 aliphatic rings. The standard InChI is InChI=1S/C20H20N2O4/c1-21(13-14-6-5-7-15(12-14)26-2)18(23)10-11-22-19(24)16-8-3-4-9-17(16)20(22)25/h3-9,12H,10-11,13H2,1-2H3. The van der Waals surface area contributed by atoms with E-state index in [4.69, 9.17) is 4.74 Å². The molecule has 0 bridgehead atoms. The Morgan fingerprint density at radius 1 is 1.04 bits per heavy atom. The third-order valence-corrected chi connectivity index (χ3v) is 4.41. The lowest BCUT2D eigenvalue weighted by Crippen LogP contribution is -2.35. The molecule has 2 aromatic carbocycles. The van der Waals surface area contributed by atoms with Crippen LogP contribution in [0.15, 0.2) is 48.5 Å². The average Bonchev–Trinajstić information content (AvgIpc) is 2.90. The average molecular weight is 352 g/mol. The van der Waals surface area contributed by atoms with Crippen molar-refractivity contribution in [1.29, 1.82) is 0 Å². The summed E-state index contributed by atoms with van der Waals surface area (Å²) >= 11 is 0. The number of rotatable bonds is 6. The summed E-state index contributed by atoms with van der Waals surface area (Å²) in [5.41, 5.74) is 1.74. The highest BCUT2D eigenvalue weighted by Crippen LogP contribution is 2.22. The zero-order valence-electron chi connectivity index (χ0n) is 14.8. The Balaban J connectivity index is 1.59. The van der Waals surface area contributed by atoms with Crippen molar-refractivity contribution in [2.24, 2.45) is 0 Å². The number of fused-ring (bicyclic) bond motifs is 1. The number of nitrogens with zero attached hydrogens (tertiary/aromatic N) is 2. The molecule has 6 nitrogen and oxygen atoms in total. The van der Waals surface area contributed by atoms with E-state index in [2.05, 4.69) is 0 Å². The van der Waals surface area contributed by atoms with Gasteiger partial charge in [-0.1, -0.05) is 24.3 Å². The van der Waals surface area contributed by atoms with Gasteiger partial charge < -0.3 is 9.64 Å². The van der Waals surface area contributed by atoms with Gasteiger partial charge in [-0.15, -0.1) is 0 Å². The van der Waals surface area contributed by atoms with Crippen molar-refractivity contribution >= 4 is 17.7 Å². The number of ether oxygens (including phenoxy) is 1. The van der Waals surface area contributed by atoms with Crippen molar-refractivity contribution < 1.29 is 19.1 Å². The highest BCUT2D eigenvalue weighted by Gasteiger charge is 2.35. The van der Waals surface area contributed by atoms with Crippen LogP contribution < -0.4 is 4.74 Å². The lowest BCUT2D eigenvalue weighted by Gasteiger charge is -2.19. The van der Waals surface area contributed by atoms with Gasteiger partial charge in [-0.3, -0.25) is 19.3 Å². The van der Waals surface area contributed by atoms with Crippen LogP contribution in [0.4, 0.5) is 0 Å². The fraction of sp³-hybridized carbons (Fsp3) is 0.250. The molecule has 0 aromatic heterocycles. The molecule has 1 heterocycles. The lowest BCUT2D eigenvalue weighted by atomic mass is 10.1. The van der Waals surface area contributed by atoms with Crippen LogP contribution in [0.2, 0.25) is 0 Å². The Morgan fingerprint density at radius 2 is 1.69 bits per heavy atom. The van der Waals surface area contributed by atoms with Crippen LogP contribution in [0.25, 0.3) is 0 Å². The largest absolute Gasteiger partial charge is 0.497 e. The van der Waals surface area contributed by atoms with E-state index in [9.17, 15) is 14.4 Å². The summed E-state index contributed by atoms with van der Waals surface area (Å²) in [5, 5.41) is 0. The van der Waals surface area contributed by atoms with E-state index in [1.165, 1.54) is 0 Å². The first-order valence-corrected chi connectivity index (χ1v) is 8.33. The van der Waals surface area contributed by atoms with Crippen LogP contribution in [0.3, 0.4) is 0 Å². The van der Waals surface area contributed by atoms with E-state index in [1.807, 2.05) is 24.3 Å². The molecule has 0 unspecified atom stereocenters. The molecule has 3 rings (SSSR count). The number of carbonyl (C=O) groups is 3. The topological polar surface area (TPSA) is 66.9 Å². The van der Waals surface area contributed by atoms with Crippen molar-refractivity contribution in [2.75, 3.05) is 20.7 Å². The molecule has 0 fully saturated rings. The fourth-order valence-corrected chi connectivity index (χ4v) is 2.97. The Hall–Kier alpha value is -3.15. The van der Waals surface area contributed by atoms with Crippen LogP contribution in [-0.2, 0) is 11.3 Å². The molecule has 0 saturated heterocycles. The first kappa shape index (κ1) is 17.7. The number of amides is 3. The van der Waals surface area contributed by atoms with Crippen LogP contribution in [0.1, 0.15) is 32.7 Å². The zero-order chi connectivity index (χ0) is 18.7. The third kappa shape index (κ3) is 3.44. The first-order valence-electron chi connectivity index (χ1n) is 8.33. The number of imide groups is 1. The molecule has 2 aromatic rings. The predicted octanol–water partition coefficient (Wildman–Crippen LogP) is 2.34. The Morgan fingerprint density at radius 3 is 2.31 bits per heavy atom. The van der Waals surface area contributed by atoms with Crippen LogP contribution in [0, 0.1) is 0 Å². The van der Waals surface area contributed by atoms with Gasteiger partial charge in [0.05, 0.1) is 18.2 Å². The van der Waals surface area contributed by atoms with Gasteiger partial charge in [-0.2, -0.15) is 0 Å². The molecule has 3 amide bonds. The lowest BCUT2D eigenvalue weighted by molar-refractivity contribution is -0.130. The molecule has 134 valence electrons. The maximum atomic E-state index is 12.4. The van der Waals surface area contributed by atoms with Crippen molar-refractivity contribution in [3.63, 3.8) is 0 Å². The summed E-state index contributed by atoms with van der Waals surface area (Å²) < 4.78 is 5.18. The maximum absolute atomic E-state index is 12.4. The first-order chi connectivity index (χ1) is 12.5. The SMILES string of the molecule is COc1cccc(CN(C)C(=O)CCN2C(=O)c3ccccc3C2=O)c1. The minimum atomic E-state index is -0.339. The van der Waals surface area contributed by atoms with Crippen molar-refractivity contribution in [3.05, 3.63) is 65.2 Å². The van der Waals surface area contributed by atoms with Crippen LogP contribution in [0.5, 0.6) is 5.75 Å². The Labute approximate surface area is 152 Å². The monoisotopic (exact) mass is 352 g/mol. The molecular formula is C20H20N2O4. The molecule has 1 aliphatic heterocycles. The molecule has 0 spiro atoms. The molecule has 0 atom stereocenters. The minimum Gasteiger partial charge on any atom is -0.497 e. The Kier molecular flexibility index (Phi) is 5.02. The van der Waals surface area contributed by atoms with Gasteiger partial charge >= 0.3 is 0 Å². The molecule has 6 heteroatoms. The van der Waals surface area contributed by atoms with Crippen LogP contribution >= 0.6 is 0 Å². The van der Waals surface area contributed by atoms with Crippen LogP contribution in [-0.4, -0.2) is 48.2 Å². The smallest absolute Gasteiger partial charge is 0.261 e. The van der Waals surface area contributed by atoms with Gasteiger partial charge in [0.15, 0.2) is 0 Å². The predicted molar refractivity (Wildman–Crippen MR) is 95.9 cm³/mol.